The molecule has 0 saturated carbocycles. The molecular weight excluding hydrogens is 368 g/mol. The monoisotopic (exact) mass is 390 g/mol. The van der Waals surface area contributed by atoms with Gasteiger partial charge in [-0.3, -0.25) is 4.79 Å². The van der Waals surface area contributed by atoms with Gasteiger partial charge in [0.1, 0.15) is 0 Å². The predicted molar refractivity (Wildman–Crippen MR) is 115 cm³/mol. The first-order valence-corrected chi connectivity index (χ1v) is 10.2. The largest absolute Gasteiger partial charge is 0.380 e. The Hall–Kier alpha value is -2.76. The van der Waals surface area contributed by atoms with Gasteiger partial charge in [-0.05, 0) is 54.4 Å². The van der Waals surface area contributed by atoms with Gasteiger partial charge >= 0.3 is 0 Å². The van der Waals surface area contributed by atoms with Gasteiger partial charge in [0.15, 0.2) is 4.80 Å². The van der Waals surface area contributed by atoms with E-state index in [1.54, 1.807) is 11.3 Å². The number of carbonyl (C=O) groups is 1. The first-order valence-electron chi connectivity index (χ1n) is 9.41. The Bertz CT molecular complexity index is 1220. The van der Waals surface area contributed by atoms with Crippen molar-refractivity contribution in [1.29, 1.82) is 0 Å². The number of hydrogen-bond acceptors (Lipinski definition) is 3. The minimum atomic E-state index is -0.223. The van der Waals surface area contributed by atoms with E-state index >= 15 is 0 Å². The molecule has 0 atom stereocenters. The maximum absolute atomic E-state index is 12.9. The van der Waals surface area contributed by atoms with E-state index < -0.39 is 0 Å². The van der Waals surface area contributed by atoms with Crippen molar-refractivity contribution in [3.63, 3.8) is 0 Å². The van der Waals surface area contributed by atoms with Crippen molar-refractivity contribution in [3.05, 3.63) is 76.6 Å². The van der Waals surface area contributed by atoms with Gasteiger partial charge in [-0.15, -0.1) is 0 Å². The standard InChI is InChI=1S/C23H22N2O2S/c1-3-27-13-12-25-20-11-8-16(2)14-21(20)28-23(25)24-22(26)19-10-9-17-6-4-5-7-18(17)15-19/h4-11,14-15H,3,12-13H2,1-2H3. The summed E-state index contributed by atoms with van der Waals surface area (Å²) in [5.74, 6) is -0.223. The van der Waals surface area contributed by atoms with Crippen LogP contribution in [0.2, 0.25) is 0 Å². The fourth-order valence-corrected chi connectivity index (χ4v) is 4.41. The predicted octanol–water partition coefficient (Wildman–Crippen LogP) is 4.94. The van der Waals surface area contributed by atoms with Gasteiger partial charge in [-0.2, -0.15) is 4.99 Å². The van der Waals surface area contributed by atoms with Gasteiger partial charge in [-0.1, -0.05) is 47.7 Å². The number of thiazole rings is 1. The van der Waals surface area contributed by atoms with Crippen molar-refractivity contribution in [2.45, 2.75) is 20.4 Å². The average Bonchev–Trinajstić information content (AvgIpc) is 3.04. The molecule has 4 nitrogen and oxygen atoms in total. The van der Waals surface area contributed by atoms with Crippen LogP contribution in [-0.2, 0) is 11.3 Å². The van der Waals surface area contributed by atoms with Crippen molar-refractivity contribution in [2.75, 3.05) is 13.2 Å². The zero-order valence-corrected chi connectivity index (χ0v) is 16.8. The normalized spacial score (nSPS) is 12.1. The molecule has 0 saturated heterocycles. The molecule has 1 heterocycles. The quantitative estimate of drug-likeness (QED) is 0.453. The summed E-state index contributed by atoms with van der Waals surface area (Å²) in [4.78, 5) is 18.1. The average molecular weight is 391 g/mol. The van der Waals surface area contributed by atoms with E-state index in [4.69, 9.17) is 4.74 Å². The maximum atomic E-state index is 12.9. The Morgan fingerprint density at radius 1 is 1.07 bits per heavy atom. The first kappa shape index (κ1) is 18.6. The molecule has 4 rings (SSSR count). The van der Waals surface area contributed by atoms with Crippen LogP contribution in [0.15, 0.2) is 65.7 Å². The van der Waals surface area contributed by atoms with Crippen molar-refractivity contribution >= 4 is 38.2 Å². The summed E-state index contributed by atoms with van der Waals surface area (Å²) in [7, 11) is 0. The molecule has 4 aromatic rings. The van der Waals surface area contributed by atoms with Crippen molar-refractivity contribution < 1.29 is 9.53 Å². The van der Waals surface area contributed by atoms with Crippen molar-refractivity contribution in [2.24, 2.45) is 4.99 Å². The molecular formula is C23H22N2O2S. The molecule has 0 N–H and O–H groups in total. The SMILES string of the molecule is CCOCCn1c(=NC(=O)c2ccc3ccccc3c2)sc2cc(C)ccc21. The Morgan fingerprint density at radius 3 is 2.71 bits per heavy atom. The lowest BCUT2D eigenvalue weighted by Gasteiger charge is -2.05. The lowest BCUT2D eigenvalue weighted by Crippen LogP contribution is -2.19. The van der Waals surface area contributed by atoms with Crippen LogP contribution in [0.25, 0.3) is 21.0 Å². The van der Waals surface area contributed by atoms with E-state index in [1.807, 2.05) is 49.4 Å². The number of aryl methyl sites for hydroxylation is 1. The van der Waals surface area contributed by atoms with E-state index in [0.29, 0.717) is 30.1 Å². The first-order chi connectivity index (χ1) is 13.7. The molecule has 0 bridgehead atoms. The smallest absolute Gasteiger partial charge is 0.279 e. The van der Waals surface area contributed by atoms with Crippen molar-refractivity contribution in [3.8, 4) is 0 Å². The second kappa shape index (κ2) is 8.09. The molecule has 1 aromatic heterocycles. The second-order valence-electron chi connectivity index (χ2n) is 6.68. The number of aromatic nitrogens is 1. The summed E-state index contributed by atoms with van der Waals surface area (Å²) in [6.07, 6.45) is 0. The van der Waals surface area contributed by atoms with E-state index in [2.05, 4.69) is 34.7 Å². The van der Waals surface area contributed by atoms with Crippen LogP contribution in [0.1, 0.15) is 22.8 Å². The molecule has 28 heavy (non-hydrogen) atoms. The van der Waals surface area contributed by atoms with Crippen LogP contribution in [0.3, 0.4) is 0 Å². The summed E-state index contributed by atoms with van der Waals surface area (Å²) in [5.41, 5.74) is 2.88. The third kappa shape index (κ3) is 3.77. The van der Waals surface area contributed by atoms with E-state index in [9.17, 15) is 4.79 Å². The Morgan fingerprint density at radius 2 is 1.89 bits per heavy atom. The number of carbonyl (C=O) groups excluding carboxylic acids is 1. The number of nitrogens with zero attached hydrogens (tertiary/aromatic N) is 2. The summed E-state index contributed by atoms with van der Waals surface area (Å²) in [5, 5.41) is 2.16. The molecule has 0 radical (unpaired) electrons. The Labute approximate surface area is 167 Å². The Kier molecular flexibility index (Phi) is 5.37. The van der Waals surface area contributed by atoms with Crippen LogP contribution in [0, 0.1) is 6.92 Å². The van der Waals surface area contributed by atoms with Crippen LogP contribution in [0.4, 0.5) is 0 Å². The molecule has 5 heteroatoms. The van der Waals surface area contributed by atoms with Crippen LogP contribution >= 0.6 is 11.3 Å². The second-order valence-corrected chi connectivity index (χ2v) is 7.69. The fourth-order valence-electron chi connectivity index (χ4n) is 3.26. The van der Waals surface area contributed by atoms with Gasteiger partial charge in [0, 0.05) is 18.7 Å². The third-order valence-corrected chi connectivity index (χ3v) is 5.74. The number of rotatable bonds is 5. The van der Waals surface area contributed by atoms with E-state index in [1.165, 1.54) is 5.56 Å². The van der Waals surface area contributed by atoms with Crippen LogP contribution < -0.4 is 4.80 Å². The number of amides is 1. The maximum Gasteiger partial charge on any atom is 0.279 e. The highest BCUT2D eigenvalue weighted by atomic mass is 32.1. The topological polar surface area (TPSA) is 43.6 Å². The molecule has 0 fully saturated rings. The van der Waals surface area contributed by atoms with E-state index in [-0.39, 0.29) is 5.91 Å². The molecule has 0 aliphatic heterocycles. The zero-order chi connectivity index (χ0) is 19.5. The number of benzene rings is 3. The fraction of sp³-hybridized carbons (Fsp3) is 0.217. The summed E-state index contributed by atoms with van der Waals surface area (Å²) < 4.78 is 8.73. The van der Waals surface area contributed by atoms with Gasteiger partial charge in [0.2, 0.25) is 0 Å². The summed E-state index contributed by atoms with van der Waals surface area (Å²) in [6, 6.07) is 20.0. The summed E-state index contributed by atoms with van der Waals surface area (Å²) in [6.45, 7) is 5.98. The molecule has 1 amide bonds. The third-order valence-electron chi connectivity index (χ3n) is 4.70. The molecule has 0 unspecified atom stereocenters. The van der Waals surface area contributed by atoms with Gasteiger partial charge in [0.25, 0.3) is 5.91 Å². The Balaban J connectivity index is 1.77. The molecule has 142 valence electrons. The number of hydrogen-bond donors (Lipinski definition) is 0. The highest BCUT2D eigenvalue weighted by Gasteiger charge is 2.10. The minimum absolute atomic E-state index is 0.223. The number of fused-ring (bicyclic) bond motifs is 2. The lowest BCUT2D eigenvalue weighted by atomic mass is 10.1. The van der Waals surface area contributed by atoms with Gasteiger partial charge < -0.3 is 9.30 Å². The highest BCUT2D eigenvalue weighted by Crippen LogP contribution is 2.20. The highest BCUT2D eigenvalue weighted by molar-refractivity contribution is 7.16. The molecule has 0 aliphatic rings. The zero-order valence-electron chi connectivity index (χ0n) is 16.0. The lowest BCUT2D eigenvalue weighted by molar-refractivity contribution is 0.0997. The van der Waals surface area contributed by atoms with Gasteiger partial charge in [0.05, 0.1) is 16.8 Å². The van der Waals surface area contributed by atoms with Gasteiger partial charge in [-0.25, -0.2) is 0 Å². The molecule has 3 aromatic carbocycles. The number of ether oxygens (including phenoxy) is 1. The van der Waals surface area contributed by atoms with Crippen LogP contribution in [0.5, 0.6) is 0 Å². The minimum Gasteiger partial charge on any atom is -0.380 e. The van der Waals surface area contributed by atoms with Crippen LogP contribution in [-0.4, -0.2) is 23.7 Å². The molecule has 0 aliphatic carbocycles. The van der Waals surface area contributed by atoms with E-state index in [0.717, 1.165) is 21.0 Å². The summed E-state index contributed by atoms with van der Waals surface area (Å²) >= 11 is 1.54. The van der Waals surface area contributed by atoms with Crippen molar-refractivity contribution in [1.82, 2.24) is 4.57 Å². The molecule has 0 spiro atoms.